The fraction of sp³-hybridized carbons (Fsp3) is 0.167. The molecule has 27 heavy (non-hydrogen) atoms. The highest BCUT2D eigenvalue weighted by Crippen LogP contribution is 2.35. The molecule has 1 heterocycles. The Morgan fingerprint density at radius 3 is 2.59 bits per heavy atom. The molecule has 2 amide bonds. The van der Waals surface area contributed by atoms with E-state index >= 15 is 0 Å². The molecular weight excluding hydrogens is 395 g/mol. The van der Waals surface area contributed by atoms with Gasteiger partial charge in [0.1, 0.15) is 12.3 Å². The van der Waals surface area contributed by atoms with E-state index in [-0.39, 0.29) is 22.9 Å². The lowest BCUT2D eigenvalue weighted by atomic mass is 10.1. The van der Waals surface area contributed by atoms with E-state index in [1.54, 1.807) is 12.1 Å². The van der Waals surface area contributed by atoms with Gasteiger partial charge in [-0.05, 0) is 43.3 Å². The van der Waals surface area contributed by atoms with Crippen LogP contribution in [0.1, 0.15) is 17.3 Å². The van der Waals surface area contributed by atoms with E-state index in [9.17, 15) is 14.4 Å². The zero-order chi connectivity index (χ0) is 19.7. The highest BCUT2D eigenvalue weighted by Gasteiger charge is 2.33. The lowest BCUT2D eigenvalue weighted by Gasteiger charge is -2.32. The van der Waals surface area contributed by atoms with E-state index in [4.69, 9.17) is 33.0 Å². The number of nitrogens with one attached hydrogen (secondary N) is 1. The van der Waals surface area contributed by atoms with Crippen LogP contribution in [0.15, 0.2) is 36.4 Å². The van der Waals surface area contributed by atoms with E-state index < -0.39 is 23.9 Å². The van der Waals surface area contributed by atoms with E-state index in [2.05, 4.69) is 5.32 Å². The van der Waals surface area contributed by atoms with Gasteiger partial charge >= 0.3 is 5.97 Å². The second-order valence-electron chi connectivity index (χ2n) is 5.85. The third kappa shape index (κ3) is 3.99. The van der Waals surface area contributed by atoms with Crippen LogP contribution >= 0.6 is 23.2 Å². The van der Waals surface area contributed by atoms with Crippen LogP contribution in [0.25, 0.3) is 0 Å². The van der Waals surface area contributed by atoms with Crippen LogP contribution in [0.5, 0.6) is 5.75 Å². The number of halogens is 2. The van der Waals surface area contributed by atoms with Gasteiger partial charge in [0.05, 0.1) is 21.3 Å². The minimum atomic E-state index is -1.12. The summed E-state index contributed by atoms with van der Waals surface area (Å²) in [6, 6.07) is 8.74. The van der Waals surface area contributed by atoms with Crippen LogP contribution in [0.3, 0.4) is 0 Å². The fourth-order valence-electron chi connectivity index (χ4n) is 2.62. The number of rotatable bonds is 4. The average molecular weight is 409 g/mol. The number of amides is 2. The summed E-state index contributed by atoms with van der Waals surface area (Å²) in [4.78, 5) is 37.2. The second-order valence-corrected chi connectivity index (χ2v) is 6.66. The highest BCUT2D eigenvalue weighted by atomic mass is 35.5. The molecule has 9 heteroatoms. The molecule has 0 aliphatic carbocycles. The number of nitrogens with zero attached hydrogens (tertiary/aromatic N) is 1. The number of carboxylic acid groups (broad SMARTS) is 1. The molecule has 0 saturated heterocycles. The number of hydrogen-bond donors (Lipinski definition) is 2. The fourth-order valence-corrected chi connectivity index (χ4v) is 2.92. The average Bonchev–Trinajstić information content (AvgIpc) is 2.61. The van der Waals surface area contributed by atoms with Crippen LogP contribution in [-0.4, -0.2) is 35.5 Å². The molecule has 140 valence electrons. The van der Waals surface area contributed by atoms with Crippen LogP contribution in [0.2, 0.25) is 10.0 Å². The molecule has 1 atom stereocenters. The number of benzene rings is 2. The van der Waals surface area contributed by atoms with Gasteiger partial charge in [-0.25, -0.2) is 4.79 Å². The monoisotopic (exact) mass is 408 g/mol. The van der Waals surface area contributed by atoms with Crippen LogP contribution in [0.4, 0.5) is 11.4 Å². The van der Waals surface area contributed by atoms with Gasteiger partial charge in [0.2, 0.25) is 5.91 Å². The second kappa shape index (κ2) is 7.46. The summed E-state index contributed by atoms with van der Waals surface area (Å²) < 4.78 is 5.48. The van der Waals surface area contributed by atoms with Crippen molar-refractivity contribution >= 4 is 52.4 Å². The van der Waals surface area contributed by atoms with Gasteiger partial charge in [0, 0.05) is 5.69 Å². The Bertz CT molecular complexity index is 947. The number of aromatic carboxylic acids is 1. The van der Waals surface area contributed by atoms with Crippen molar-refractivity contribution in [1.29, 1.82) is 0 Å². The standard InChI is InChI=1S/C18H14Cl2N2O5/c1-9-17(24)22(14-5-2-10(18(25)26)6-15(14)27-9)8-16(23)21-11-3-4-12(19)13(20)7-11/h2-7,9H,8H2,1H3,(H,21,23)(H,25,26). The van der Waals surface area contributed by atoms with E-state index in [1.807, 2.05) is 0 Å². The van der Waals surface area contributed by atoms with Gasteiger partial charge in [0.15, 0.2) is 6.10 Å². The maximum Gasteiger partial charge on any atom is 0.335 e. The van der Waals surface area contributed by atoms with Crippen molar-refractivity contribution in [2.45, 2.75) is 13.0 Å². The summed E-state index contributed by atoms with van der Waals surface area (Å²) in [6.07, 6.45) is -0.848. The van der Waals surface area contributed by atoms with E-state index in [0.717, 1.165) is 0 Å². The number of carbonyl (C=O) groups is 3. The zero-order valence-corrected chi connectivity index (χ0v) is 15.5. The number of fused-ring (bicyclic) bond motifs is 1. The van der Waals surface area contributed by atoms with Crippen LogP contribution in [0, 0.1) is 0 Å². The Balaban J connectivity index is 1.83. The summed E-state index contributed by atoms with van der Waals surface area (Å²) >= 11 is 11.8. The van der Waals surface area contributed by atoms with Crippen molar-refractivity contribution in [3.8, 4) is 5.75 Å². The molecule has 0 fully saturated rings. The van der Waals surface area contributed by atoms with Crippen LogP contribution < -0.4 is 15.0 Å². The summed E-state index contributed by atoms with van der Waals surface area (Å²) in [5.41, 5.74) is 0.785. The number of carboxylic acids is 1. The summed E-state index contributed by atoms with van der Waals surface area (Å²) in [5.74, 6) is -1.75. The van der Waals surface area contributed by atoms with Gasteiger partial charge < -0.3 is 15.2 Å². The molecule has 0 spiro atoms. The lowest BCUT2D eigenvalue weighted by molar-refractivity contribution is -0.127. The Hall–Kier alpha value is -2.77. The predicted octanol–water partition coefficient (Wildman–Crippen LogP) is 3.44. The third-order valence-electron chi connectivity index (χ3n) is 3.92. The summed E-state index contributed by atoms with van der Waals surface area (Å²) in [7, 11) is 0. The summed E-state index contributed by atoms with van der Waals surface area (Å²) in [5, 5.41) is 12.4. The van der Waals surface area contributed by atoms with Crippen molar-refractivity contribution in [2.75, 3.05) is 16.8 Å². The molecule has 1 aliphatic rings. The number of hydrogen-bond acceptors (Lipinski definition) is 4. The molecule has 0 bridgehead atoms. The molecule has 2 N–H and O–H groups in total. The van der Waals surface area contributed by atoms with E-state index in [0.29, 0.717) is 16.4 Å². The molecule has 1 aliphatic heterocycles. The maximum atomic E-state index is 12.5. The molecule has 2 aromatic rings. The minimum absolute atomic E-state index is 0.0236. The molecule has 7 nitrogen and oxygen atoms in total. The quantitative estimate of drug-likeness (QED) is 0.807. The zero-order valence-electron chi connectivity index (χ0n) is 14.0. The molecular formula is C18H14Cl2N2O5. The highest BCUT2D eigenvalue weighted by molar-refractivity contribution is 6.42. The van der Waals surface area contributed by atoms with E-state index in [1.165, 1.54) is 36.1 Å². The molecule has 0 aromatic heterocycles. The first-order valence-corrected chi connectivity index (χ1v) is 8.62. The van der Waals surface area contributed by atoms with Gasteiger partial charge in [-0.3, -0.25) is 14.5 Å². The van der Waals surface area contributed by atoms with Crippen molar-refractivity contribution in [3.63, 3.8) is 0 Å². The Kier molecular flexibility index (Phi) is 5.25. The van der Waals surface area contributed by atoms with Crippen molar-refractivity contribution in [3.05, 3.63) is 52.0 Å². The van der Waals surface area contributed by atoms with Crippen LogP contribution in [-0.2, 0) is 9.59 Å². The third-order valence-corrected chi connectivity index (χ3v) is 4.66. The van der Waals surface area contributed by atoms with Crippen molar-refractivity contribution < 1.29 is 24.2 Å². The number of carbonyl (C=O) groups excluding carboxylic acids is 2. The molecule has 2 aromatic carbocycles. The Labute approximate surface area is 164 Å². The molecule has 1 unspecified atom stereocenters. The Morgan fingerprint density at radius 2 is 1.93 bits per heavy atom. The van der Waals surface area contributed by atoms with Gasteiger partial charge in [0.25, 0.3) is 5.91 Å². The first-order chi connectivity index (χ1) is 12.8. The number of anilines is 2. The maximum absolute atomic E-state index is 12.5. The number of ether oxygens (including phenoxy) is 1. The topological polar surface area (TPSA) is 95.9 Å². The van der Waals surface area contributed by atoms with Gasteiger partial charge in [-0.1, -0.05) is 23.2 Å². The molecule has 0 saturated carbocycles. The normalized spacial score (nSPS) is 15.7. The largest absolute Gasteiger partial charge is 0.479 e. The van der Waals surface area contributed by atoms with Crippen molar-refractivity contribution in [1.82, 2.24) is 0 Å². The first-order valence-electron chi connectivity index (χ1n) is 7.86. The van der Waals surface area contributed by atoms with Gasteiger partial charge in [-0.2, -0.15) is 0 Å². The summed E-state index contributed by atoms with van der Waals surface area (Å²) in [6.45, 7) is 1.26. The molecule has 3 rings (SSSR count). The smallest absolute Gasteiger partial charge is 0.335 e. The minimum Gasteiger partial charge on any atom is -0.479 e. The predicted molar refractivity (Wildman–Crippen MR) is 101 cm³/mol. The first kappa shape index (κ1) is 19.0. The lowest BCUT2D eigenvalue weighted by Crippen LogP contribution is -2.47. The SMILES string of the molecule is CC1Oc2cc(C(=O)O)ccc2N(CC(=O)Nc2ccc(Cl)c(Cl)c2)C1=O. The molecule has 0 radical (unpaired) electrons. The Morgan fingerprint density at radius 1 is 1.19 bits per heavy atom. The van der Waals surface area contributed by atoms with Gasteiger partial charge in [-0.15, -0.1) is 0 Å². The van der Waals surface area contributed by atoms with Crippen molar-refractivity contribution in [2.24, 2.45) is 0 Å².